The van der Waals surface area contributed by atoms with Crippen LogP contribution in [0.3, 0.4) is 0 Å². The summed E-state index contributed by atoms with van der Waals surface area (Å²) in [6, 6.07) is 4.26. The predicted molar refractivity (Wildman–Crippen MR) is 69.2 cm³/mol. The number of nitro groups is 1. The van der Waals surface area contributed by atoms with Gasteiger partial charge < -0.3 is 25.4 Å². The van der Waals surface area contributed by atoms with Crippen LogP contribution in [0.2, 0.25) is 0 Å². The number of aliphatic hydroxyl groups is 3. The van der Waals surface area contributed by atoms with Crippen LogP contribution in [-0.2, 0) is 4.74 Å². The summed E-state index contributed by atoms with van der Waals surface area (Å²) in [5.41, 5.74) is 1.06. The first-order valence-corrected chi connectivity index (χ1v) is 6.07. The molecule has 110 valence electrons. The van der Waals surface area contributed by atoms with E-state index in [2.05, 4.69) is 5.32 Å². The fourth-order valence-electron chi connectivity index (χ4n) is 1.97. The lowest BCUT2D eigenvalue weighted by Gasteiger charge is -2.36. The predicted octanol–water partition coefficient (Wildman–Crippen LogP) is -0.246. The fraction of sp³-hybridized carbons (Fsp3) is 0.500. The van der Waals surface area contributed by atoms with Crippen LogP contribution in [0.5, 0.6) is 0 Å². The van der Waals surface area contributed by atoms with Gasteiger partial charge in [-0.25, -0.2) is 0 Å². The molecule has 4 N–H and O–H groups in total. The molecule has 4 atom stereocenters. The quantitative estimate of drug-likeness (QED) is 0.445. The van der Waals surface area contributed by atoms with Crippen molar-refractivity contribution < 1.29 is 25.0 Å². The van der Waals surface area contributed by atoms with Crippen LogP contribution in [0.25, 0.3) is 0 Å². The Labute approximate surface area is 114 Å². The molecule has 8 heteroatoms. The second-order valence-electron chi connectivity index (χ2n) is 4.70. The van der Waals surface area contributed by atoms with E-state index in [1.165, 1.54) is 12.1 Å². The van der Waals surface area contributed by atoms with Gasteiger partial charge in [0, 0.05) is 17.8 Å². The third-order valence-corrected chi connectivity index (χ3v) is 3.23. The van der Waals surface area contributed by atoms with Gasteiger partial charge in [0.2, 0.25) is 0 Å². The second-order valence-corrected chi connectivity index (χ2v) is 4.70. The number of hydrogen-bond acceptors (Lipinski definition) is 7. The van der Waals surface area contributed by atoms with Gasteiger partial charge in [0.05, 0.1) is 11.5 Å². The van der Waals surface area contributed by atoms with Gasteiger partial charge in [0.25, 0.3) is 5.69 Å². The molecule has 1 fully saturated rings. The van der Waals surface area contributed by atoms with Gasteiger partial charge in [-0.1, -0.05) is 6.07 Å². The third-order valence-electron chi connectivity index (χ3n) is 3.23. The first-order chi connectivity index (χ1) is 9.40. The minimum atomic E-state index is -1.34. The number of ether oxygens (including phenoxy) is 1. The van der Waals surface area contributed by atoms with Crippen molar-refractivity contribution >= 4 is 11.4 Å². The van der Waals surface area contributed by atoms with Crippen molar-refractivity contribution in [2.24, 2.45) is 0 Å². The maximum atomic E-state index is 10.7. The molecule has 1 saturated heterocycles. The number of non-ortho nitro benzene ring substituents is 1. The number of aliphatic hydroxyl groups excluding tert-OH is 3. The Morgan fingerprint density at radius 2 is 2.05 bits per heavy atom. The van der Waals surface area contributed by atoms with E-state index in [1.54, 1.807) is 13.0 Å². The Hall–Kier alpha value is -1.74. The van der Waals surface area contributed by atoms with E-state index in [0.717, 1.165) is 5.56 Å². The zero-order valence-electron chi connectivity index (χ0n) is 10.8. The minimum absolute atomic E-state index is 0.0935. The van der Waals surface area contributed by atoms with E-state index < -0.39 is 29.5 Å². The highest BCUT2D eigenvalue weighted by Crippen LogP contribution is 2.25. The van der Waals surface area contributed by atoms with Gasteiger partial charge in [-0.2, -0.15) is 0 Å². The second kappa shape index (κ2) is 5.71. The topological polar surface area (TPSA) is 125 Å². The van der Waals surface area contributed by atoms with Gasteiger partial charge in [-0.15, -0.1) is 0 Å². The number of rotatable bonds is 3. The number of nitrogens with one attached hydrogen (secondary N) is 1. The first-order valence-electron chi connectivity index (χ1n) is 6.07. The Morgan fingerprint density at radius 3 is 2.70 bits per heavy atom. The smallest absolute Gasteiger partial charge is 0.271 e. The molecule has 8 nitrogen and oxygen atoms in total. The molecule has 0 spiro atoms. The molecule has 2 rings (SSSR count). The van der Waals surface area contributed by atoms with E-state index in [-0.39, 0.29) is 12.3 Å². The molecule has 1 heterocycles. The minimum Gasteiger partial charge on any atom is -0.388 e. The van der Waals surface area contributed by atoms with E-state index in [1.807, 2.05) is 0 Å². The van der Waals surface area contributed by atoms with Crippen LogP contribution >= 0.6 is 0 Å². The van der Waals surface area contributed by atoms with Gasteiger partial charge in [-0.3, -0.25) is 10.1 Å². The highest BCUT2D eigenvalue weighted by molar-refractivity contribution is 5.57. The van der Waals surface area contributed by atoms with Crippen LogP contribution < -0.4 is 5.32 Å². The summed E-state index contributed by atoms with van der Waals surface area (Å²) in [5.74, 6) is 0. The highest BCUT2D eigenvalue weighted by atomic mass is 16.6. The molecule has 20 heavy (non-hydrogen) atoms. The molecule has 0 aliphatic carbocycles. The SMILES string of the molecule is Cc1ccc([N+](=O)[O-])cc1N[C@@H]1OC[C@@H](O)[C@@H](O)[C@@H]1O. The summed E-state index contributed by atoms with van der Waals surface area (Å²) in [7, 11) is 0. The summed E-state index contributed by atoms with van der Waals surface area (Å²) >= 11 is 0. The molecule has 0 unspecified atom stereocenters. The zero-order valence-corrected chi connectivity index (χ0v) is 10.8. The van der Waals surface area contributed by atoms with Crippen LogP contribution in [0.1, 0.15) is 5.56 Å². The number of hydrogen-bond donors (Lipinski definition) is 4. The summed E-state index contributed by atoms with van der Waals surface area (Å²) in [6.07, 6.45) is -4.78. The Morgan fingerprint density at radius 1 is 1.35 bits per heavy atom. The average Bonchev–Trinajstić information content (AvgIpc) is 2.41. The van der Waals surface area contributed by atoms with Crippen molar-refractivity contribution in [1.29, 1.82) is 0 Å². The van der Waals surface area contributed by atoms with Crippen molar-refractivity contribution in [3.8, 4) is 0 Å². The van der Waals surface area contributed by atoms with Crippen LogP contribution in [0, 0.1) is 17.0 Å². The number of anilines is 1. The molecule has 1 aliphatic rings. The summed E-state index contributed by atoms with van der Waals surface area (Å²) in [5, 5.41) is 42.3. The van der Waals surface area contributed by atoms with Crippen molar-refractivity contribution in [3.63, 3.8) is 0 Å². The van der Waals surface area contributed by atoms with E-state index in [9.17, 15) is 25.4 Å². The molecule has 1 aromatic carbocycles. The molecule has 0 radical (unpaired) electrons. The van der Waals surface area contributed by atoms with Crippen molar-refractivity contribution in [1.82, 2.24) is 0 Å². The van der Waals surface area contributed by atoms with E-state index >= 15 is 0 Å². The van der Waals surface area contributed by atoms with Crippen molar-refractivity contribution in [2.45, 2.75) is 31.5 Å². The first kappa shape index (κ1) is 14.7. The summed E-state index contributed by atoms with van der Waals surface area (Å²) in [4.78, 5) is 10.2. The van der Waals surface area contributed by atoms with Gasteiger partial charge in [-0.05, 0) is 12.5 Å². The molecular weight excluding hydrogens is 268 g/mol. The lowest BCUT2D eigenvalue weighted by Crippen LogP contribution is -2.55. The molecule has 0 aromatic heterocycles. The van der Waals surface area contributed by atoms with Gasteiger partial charge >= 0.3 is 0 Å². The fourth-order valence-corrected chi connectivity index (χ4v) is 1.97. The number of nitrogens with zero attached hydrogens (tertiary/aromatic N) is 1. The molecule has 0 saturated carbocycles. The molecule has 1 aromatic rings. The van der Waals surface area contributed by atoms with Crippen LogP contribution in [-0.4, -0.2) is 51.4 Å². The molecular formula is C12H16N2O6. The van der Waals surface area contributed by atoms with Gasteiger partial charge in [0.1, 0.15) is 18.3 Å². The number of aryl methyl sites for hydroxylation is 1. The van der Waals surface area contributed by atoms with E-state index in [4.69, 9.17) is 4.74 Å². The Kier molecular flexibility index (Phi) is 4.19. The number of nitro benzene ring substituents is 1. The standard InChI is InChI=1S/C12H16N2O6/c1-6-2-3-7(14(18)19)4-8(6)13-12-11(17)10(16)9(15)5-20-12/h2-4,9-13,15-17H,5H2,1H3/t9-,10-,11+,12-/m1/s1. The summed E-state index contributed by atoms with van der Waals surface area (Å²) < 4.78 is 5.19. The molecule has 0 amide bonds. The average molecular weight is 284 g/mol. The number of benzene rings is 1. The maximum absolute atomic E-state index is 10.7. The third kappa shape index (κ3) is 2.88. The highest BCUT2D eigenvalue weighted by Gasteiger charge is 2.37. The monoisotopic (exact) mass is 284 g/mol. The van der Waals surface area contributed by atoms with Crippen molar-refractivity contribution in [2.75, 3.05) is 11.9 Å². The largest absolute Gasteiger partial charge is 0.388 e. The maximum Gasteiger partial charge on any atom is 0.271 e. The van der Waals surface area contributed by atoms with E-state index in [0.29, 0.717) is 5.69 Å². The molecule has 1 aliphatic heterocycles. The lowest BCUT2D eigenvalue weighted by atomic mass is 10.0. The van der Waals surface area contributed by atoms with Crippen molar-refractivity contribution in [3.05, 3.63) is 33.9 Å². The Bertz CT molecular complexity index is 509. The van der Waals surface area contributed by atoms with Gasteiger partial charge in [0.15, 0.2) is 6.23 Å². The summed E-state index contributed by atoms with van der Waals surface area (Å²) in [6.45, 7) is 1.61. The van der Waals surface area contributed by atoms with Crippen LogP contribution in [0.4, 0.5) is 11.4 Å². The Balaban J connectivity index is 2.17. The molecule has 0 bridgehead atoms. The normalized spacial score (nSPS) is 30.0. The van der Waals surface area contributed by atoms with Crippen LogP contribution in [0.15, 0.2) is 18.2 Å². The zero-order chi connectivity index (χ0) is 14.9. The lowest BCUT2D eigenvalue weighted by molar-refractivity contribution is -0.384.